The third kappa shape index (κ3) is 2.16. The molecule has 1 unspecified atom stereocenters. The largest absolute Gasteiger partial charge is 0.508 e. The number of rotatable bonds is 3. The fourth-order valence-electron chi connectivity index (χ4n) is 1.72. The molecule has 90 valence electrons. The van der Waals surface area contributed by atoms with Crippen LogP contribution < -0.4 is 0 Å². The molecule has 0 aliphatic heterocycles. The van der Waals surface area contributed by atoms with Crippen molar-refractivity contribution < 1.29 is 14.6 Å². The van der Waals surface area contributed by atoms with Crippen molar-refractivity contribution >= 4 is 11.3 Å². The first-order valence-electron chi connectivity index (χ1n) is 5.18. The van der Waals surface area contributed by atoms with Crippen LogP contribution in [-0.4, -0.2) is 15.2 Å². The van der Waals surface area contributed by atoms with Crippen molar-refractivity contribution in [3.05, 3.63) is 46.2 Å². The summed E-state index contributed by atoms with van der Waals surface area (Å²) in [6.45, 7) is 1.78. The van der Waals surface area contributed by atoms with E-state index in [-0.39, 0.29) is 5.75 Å². The number of thiazole rings is 1. The first kappa shape index (κ1) is 12.0. The number of hydrogen-bond donors (Lipinski definition) is 2. The number of hydrogen-bond acceptors (Lipinski definition) is 4. The van der Waals surface area contributed by atoms with Gasteiger partial charge < -0.3 is 10.2 Å². The van der Waals surface area contributed by atoms with E-state index in [0.29, 0.717) is 17.0 Å². The number of halogens is 1. The van der Waals surface area contributed by atoms with E-state index in [1.165, 1.54) is 23.5 Å². The molecule has 1 aromatic carbocycles. The first-order valence-corrected chi connectivity index (χ1v) is 6.06. The van der Waals surface area contributed by atoms with E-state index in [9.17, 15) is 14.6 Å². The minimum absolute atomic E-state index is 0.205. The lowest BCUT2D eigenvalue weighted by atomic mass is 9.91. The molecule has 5 heteroatoms. The third-order valence-electron chi connectivity index (χ3n) is 2.66. The van der Waals surface area contributed by atoms with Crippen LogP contribution in [0.4, 0.5) is 4.39 Å². The fourth-order valence-corrected chi connectivity index (χ4v) is 2.55. The van der Waals surface area contributed by atoms with Gasteiger partial charge in [0.1, 0.15) is 22.2 Å². The molecule has 1 atom stereocenters. The van der Waals surface area contributed by atoms with Gasteiger partial charge in [0.15, 0.2) is 0 Å². The van der Waals surface area contributed by atoms with Crippen molar-refractivity contribution in [3.8, 4) is 5.75 Å². The smallest absolute Gasteiger partial charge is 0.141 e. The lowest BCUT2D eigenvalue weighted by molar-refractivity contribution is 0.0756. The summed E-state index contributed by atoms with van der Waals surface area (Å²) in [4.78, 5) is 4.06. The summed E-state index contributed by atoms with van der Waals surface area (Å²) in [5.74, 6) is -0.785. The second-order valence-corrected chi connectivity index (χ2v) is 4.64. The predicted octanol–water partition coefficient (Wildman–Crippen LogP) is 2.63. The van der Waals surface area contributed by atoms with Gasteiger partial charge in [-0.3, -0.25) is 0 Å². The Hall–Kier alpha value is -1.46. The van der Waals surface area contributed by atoms with Gasteiger partial charge in [-0.2, -0.15) is 0 Å². The molecule has 0 spiro atoms. The zero-order valence-electron chi connectivity index (χ0n) is 9.22. The molecule has 0 saturated heterocycles. The van der Waals surface area contributed by atoms with E-state index >= 15 is 0 Å². The summed E-state index contributed by atoms with van der Waals surface area (Å²) >= 11 is 1.30. The highest BCUT2D eigenvalue weighted by Crippen LogP contribution is 2.35. The van der Waals surface area contributed by atoms with Crippen LogP contribution in [0, 0.1) is 5.82 Å². The molecule has 0 bridgehead atoms. The number of aromatic hydroxyl groups is 1. The molecule has 17 heavy (non-hydrogen) atoms. The molecule has 0 amide bonds. The molecule has 0 fully saturated rings. The Labute approximate surface area is 102 Å². The minimum atomic E-state index is -1.35. The van der Waals surface area contributed by atoms with Crippen LogP contribution in [0.3, 0.4) is 0 Å². The molecule has 0 aliphatic rings. The minimum Gasteiger partial charge on any atom is -0.508 e. The van der Waals surface area contributed by atoms with E-state index in [1.54, 1.807) is 18.5 Å². The Morgan fingerprint density at radius 2 is 2.18 bits per heavy atom. The molecule has 3 nitrogen and oxygen atoms in total. The Bertz CT molecular complexity index is 495. The average Bonchev–Trinajstić information content (AvgIpc) is 2.80. The van der Waals surface area contributed by atoms with Crippen molar-refractivity contribution in [1.29, 1.82) is 0 Å². The van der Waals surface area contributed by atoms with Gasteiger partial charge in [0.05, 0.1) is 0 Å². The summed E-state index contributed by atoms with van der Waals surface area (Å²) in [6.07, 6.45) is 1.93. The van der Waals surface area contributed by atoms with Gasteiger partial charge in [-0.15, -0.1) is 11.3 Å². The summed E-state index contributed by atoms with van der Waals surface area (Å²) < 4.78 is 13.2. The standard InChI is InChI=1S/C12H12FNO2S/c1-2-12(16,11-14-3-4-17-11)8-5-9(13)7-10(15)6-8/h3-7,15-16H,2H2,1H3. The van der Waals surface area contributed by atoms with Crippen LogP contribution in [-0.2, 0) is 5.60 Å². The highest BCUT2D eigenvalue weighted by Gasteiger charge is 2.33. The summed E-state index contributed by atoms with van der Waals surface area (Å²) in [7, 11) is 0. The van der Waals surface area contributed by atoms with Crippen LogP contribution in [0.1, 0.15) is 23.9 Å². The lowest BCUT2D eigenvalue weighted by Crippen LogP contribution is -2.26. The molecule has 2 aromatic rings. The zero-order chi connectivity index (χ0) is 12.5. The van der Waals surface area contributed by atoms with Crippen molar-refractivity contribution in [3.63, 3.8) is 0 Å². The van der Waals surface area contributed by atoms with Gasteiger partial charge in [-0.1, -0.05) is 6.92 Å². The van der Waals surface area contributed by atoms with Gasteiger partial charge in [-0.05, 0) is 24.1 Å². The predicted molar refractivity (Wildman–Crippen MR) is 63.5 cm³/mol. The lowest BCUT2D eigenvalue weighted by Gasteiger charge is -2.25. The molecule has 2 N–H and O–H groups in total. The number of aliphatic hydroxyl groups is 1. The van der Waals surface area contributed by atoms with E-state index in [0.717, 1.165) is 6.07 Å². The van der Waals surface area contributed by atoms with Crippen molar-refractivity contribution in [1.82, 2.24) is 4.98 Å². The van der Waals surface area contributed by atoms with Crippen molar-refractivity contribution in [2.24, 2.45) is 0 Å². The van der Waals surface area contributed by atoms with Gasteiger partial charge in [-0.25, -0.2) is 9.37 Å². The monoisotopic (exact) mass is 253 g/mol. The molecular weight excluding hydrogens is 241 g/mol. The van der Waals surface area contributed by atoms with Gasteiger partial charge in [0, 0.05) is 17.6 Å². The highest BCUT2D eigenvalue weighted by atomic mass is 32.1. The topological polar surface area (TPSA) is 53.4 Å². The van der Waals surface area contributed by atoms with E-state index in [4.69, 9.17) is 0 Å². The van der Waals surface area contributed by atoms with E-state index < -0.39 is 11.4 Å². The number of aromatic nitrogens is 1. The van der Waals surface area contributed by atoms with Crippen molar-refractivity contribution in [2.75, 3.05) is 0 Å². The second-order valence-electron chi connectivity index (χ2n) is 3.75. The maximum absolute atomic E-state index is 13.2. The molecule has 2 rings (SSSR count). The number of phenolic OH excluding ortho intramolecular Hbond substituents is 1. The molecule has 1 aromatic heterocycles. The van der Waals surface area contributed by atoms with Crippen LogP contribution in [0.5, 0.6) is 5.75 Å². The Morgan fingerprint density at radius 3 is 2.71 bits per heavy atom. The molecule has 0 saturated carbocycles. The van der Waals surface area contributed by atoms with Crippen molar-refractivity contribution in [2.45, 2.75) is 18.9 Å². The first-order chi connectivity index (χ1) is 8.06. The van der Waals surface area contributed by atoms with Crippen LogP contribution in [0.15, 0.2) is 29.8 Å². The highest BCUT2D eigenvalue weighted by molar-refractivity contribution is 7.09. The average molecular weight is 253 g/mol. The molecule has 0 aliphatic carbocycles. The Kier molecular flexibility index (Phi) is 3.13. The van der Waals surface area contributed by atoms with E-state index in [2.05, 4.69) is 4.98 Å². The van der Waals surface area contributed by atoms with Gasteiger partial charge in [0.25, 0.3) is 0 Å². The third-order valence-corrected chi connectivity index (χ3v) is 3.58. The number of benzene rings is 1. The number of nitrogens with zero attached hydrogens (tertiary/aromatic N) is 1. The Morgan fingerprint density at radius 1 is 1.41 bits per heavy atom. The molecular formula is C12H12FNO2S. The quantitative estimate of drug-likeness (QED) is 0.884. The maximum Gasteiger partial charge on any atom is 0.141 e. The molecule has 1 heterocycles. The van der Waals surface area contributed by atoms with Gasteiger partial charge in [0.2, 0.25) is 0 Å². The summed E-state index contributed by atoms with van der Waals surface area (Å²) in [5.41, 5.74) is -1.04. The fraction of sp³-hybridized carbons (Fsp3) is 0.250. The second kappa shape index (κ2) is 4.43. The summed E-state index contributed by atoms with van der Waals surface area (Å²) in [5, 5.41) is 22.2. The van der Waals surface area contributed by atoms with Crippen LogP contribution in [0.2, 0.25) is 0 Å². The van der Waals surface area contributed by atoms with E-state index in [1.807, 2.05) is 0 Å². The van der Waals surface area contributed by atoms with Crippen LogP contribution in [0.25, 0.3) is 0 Å². The molecule has 0 radical (unpaired) electrons. The zero-order valence-corrected chi connectivity index (χ0v) is 10.0. The number of phenols is 1. The van der Waals surface area contributed by atoms with Gasteiger partial charge >= 0.3 is 0 Å². The summed E-state index contributed by atoms with van der Waals surface area (Å²) in [6, 6.07) is 3.57. The maximum atomic E-state index is 13.2. The van der Waals surface area contributed by atoms with Crippen LogP contribution >= 0.6 is 11.3 Å². The normalized spacial score (nSPS) is 14.5. The SMILES string of the molecule is CCC(O)(c1cc(O)cc(F)c1)c1nccs1. The Balaban J connectivity index is 2.55.